The van der Waals surface area contributed by atoms with Gasteiger partial charge in [0.25, 0.3) is 10.1 Å². The molecule has 0 aliphatic carbocycles. The summed E-state index contributed by atoms with van der Waals surface area (Å²) in [6, 6.07) is 6.56. The molecule has 4 heteroatoms. The number of rotatable bonds is 5. The number of hydrogen-bond donors (Lipinski definition) is 1. The maximum absolute atomic E-state index is 11.1. The Hall–Kier alpha value is -0.870. The van der Waals surface area contributed by atoms with E-state index >= 15 is 0 Å². The number of hydrogen-bond acceptors (Lipinski definition) is 2. The van der Waals surface area contributed by atoms with E-state index in [0.29, 0.717) is 5.92 Å². The first-order valence-corrected chi connectivity index (χ1v) is 8.92. The van der Waals surface area contributed by atoms with Crippen molar-refractivity contribution in [3.8, 4) is 0 Å². The van der Waals surface area contributed by atoms with Crippen LogP contribution in [0.15, 0.2) is 29.2 Å². The van der Waals surface area contributed by atoms with Crippen molar-refractivity contribution in [2.75, 3.05) is 0 Å². The van der Waals surface area contributed by atoms with Gasteiger partial charge in [-0.1, -0.05) is 60.1 Å². The van der Waals surface area contributed by atoms with Crippen molar-refractivity contribution in [3.63, 3.8) is 0 Å². The summed E-state index contributed by atoms with van der Waals surface area (Å²) in [7, 11) is -4.11. The largest absolute Gasteiger partial charge is 0.294 e. The summed E-state index contributed by atoms with van der Waals surface area (Å²) in [5.74, 6) is 0.554. The highest BCUT2D eigenvalue weighted by atomic mass is 32.2. The second-order valence-electron chi connectivity index (χ2n) is 7.27. The molecule has 0 aliphatic heterocycles. The zero-order valence-corrected chi connectivity index (χ0v) is 14.8. The quantitative estimate of drug-likeness (QED) is 0.810. The van der Waals surface area contributed by atoms with Crippen LogP contribution in [0.5, 0.6) is 0 Å². The molecule has 0 aliphatic rings. The Morgan fingerprint density at radius 2 is 1.57 bits per heavy atom. The third-order valence-electron chi connectivity index (χ3n) is 5.21. The van der Waals surface area contributed by atoms with E-state index in [2.05, 4.69) is 41.5 Å². The van der Waals surface area contributed by atoms with Crippen LogP contribution >= 0.6 is 0 Å². The molecule has 120 valence electrons. The van der Waals surface area contributed by atoms with E-state index in [1.54, 1.807) is 12.1 Å². The fourth-order valence-electron chi connectivity index (χ4n) is 2.83. The van der Waals surface area contributed by atoms with Gasteiger partial charge in [0.2, 0.25) is 0 Å². The zero-order chi connectivity index (χ0) is 16.5. The molecule has 1 rings (SSSR count). The third-order valence-corrected chi connectivity index (χ3v) is 6.07. The van der Waals surface area contributed by atoms with Gasteiger partial charge in [-0.05, 0) is 40.9 Å². The first-order valence-electron chi connectivity index (χ1n) is 7.48. The summed E-state index contributed by atoms with van der Waals surface area (Å²) < 4.78 is 31.2. The second kappa shape index (κ2) is 6.09. The van der Waals surface area contributed by atoms with Gasteiger partial charge in [0.1, 0.15) is 0 Å². The Balaban J connectivity index is 3.11. The minimum Gasteiger partial charge on any atom is -0.282 e. The molecule has 1 N–H and O–H groups in total. The smallest absolute Gasteiger partial charge is 0.282 e. The Labute approximate surface area is 129 Å². The molecular formula is C17H28O3S. The molecule has 0 aromatic heterocycles. The van der Waals surface area contributed by atoms with Crippen molar-refractivity contribution in [2.24, 2.45) is 16.7 Å². The van der Waals surface area contributed by atoms with Crippen LogP contribution in [-0.4, -0.2) is 13.0 Å². The highest BCUT2D eigenvalue weighted by molar-refractivity contribution is 7.85. The lowest BCUT2D eigenvalue weighted by molar-refractivity contribution is 0.0407. The Kier molecular flexibility index (Phi) is 5.27. The molecule has 2 atom stereocenters. The molecule has 0 saturated carbocycles. The van der Waals surface area contributed by atoms with Crippen LogP contribution in [0.25, 0.3) is 0 Å². The Bertz CT molecular complexity index is 567. The summed E-state index contributed by atoms with van der Waals surface area (Å²) >= 11 is 0. The van der Waals surface area contributed by atoms with E-state index in [1.807, 2.05) is 0 Å². The summed E-state index contributed by atoms with van der Waals surface area (Å²) in [4.78, 5) is -0.0488. The van der Waals surface area contributed by atoms with Gasteiger partial charge in [-0.3, -0.25) is 4.55 Å². The summed E-state index contributed by atoms with van der Waals surface area (Å²) in [5, 5.41) is 0. The van der Waals surface area contributed by atoms with Crippen LogP contribution in [-0.2, 0) is 16.5 Å². The van der Waals surface area contributed by atoms with Crippen LogP contribution in [0.1, 0.15) is 53.5 Å². The van der Waals surface area contributed by atoms with Crippen molar-refractivity contribution in [1.29, 1.82) is 0 Å². The first-order chi connectivity index (χ1) is 9.41. The van der Waals surface area contributed by atoms with Gasteiger partial charge >= 0.3 is 0 Å². The van der Waals surface area contributed by atoms with E-state index < -0.39 is 10.1 Å². The Morgan fingerprint density at radius 3 is 1.90 bits per heavy atom. The third kappa shape index (κ3) is 4.07. The standard InChI is InChI=1S/C17H28O3S/c1-7-13(2)17(6,16(3,4)5)12-14-8-10-15(11-9-14)21(18,19)20/h8-11,13H,7,12H2,1-6H3,(H,18,19,20). The van der Waals surface area contributed by atoms with Crippen molar-refractivity contribution < 1.29 is 13.0 Å². The van der Waals surface area contributed by atoms with Crippen molar-refractivity contribution in [2.45, 2.75) is 59.3 Å². The fourth-order valence-corrected chi connectivity index (χ4v) is 3.31. The van der Waals surface area contributed by atoms with Crippen LogP contribution in [0.2, 0.25) is 0 Å². The van der Waals surface area contributed by atoms with Crippen LogP contribution in [0.3, 0.4) is 0 Å². The van der Waals surface area contributed by atoms with Crippen LogP contribution in [0.4, 0.5) is 0 Å². The predicted molar refractivity (Wildman–Crippen MR) is 87.0 cm³/mol. The molecular weight excluding hydrogens is 284 g/mol. The van der Waals surface area contributed by atoms with Crippen LogP contribution in [0, 0.1) is 16.7 Å². The van der Waals surface area contributed by atoms with Crippen molar-refractivity contribution >= 4 is 10.1 Å². The average Bonchev–Trinajstić information content (AvgIpc) is 2.35. The van der Waals surface area contributed by atoms with Crippen LogP contribution < -0.4 is 0 Å². The molecule has 21 heavy (non-hydrogen) atoms. The fraction of sp³-hybridized carbons (Fsp3) is 0.647. The van der Waals surface area contributed by atoms with Gasteiger partial charge in [-0.2, -0.15) is 8.42 Å². The summed E-state index contributed by atoms with van der Waals surface area (Å²) in [6.07, 6.45) is 1.99. The molecule has 3 nitrogen and oxygen atoms in total. The SMILES string of the molecule is CCC(C)C(C)(Cc1ccc(S(=O)(=O)O)cc1)C(C)(C)C. The van der Waals surface area contributed by atoms with E-state index in [-0.39, 0.29) is 15.7 Å². The molecule has 0 bridgehead atoms. The Morgan fingerprint density at radius 1 is 1.10 bits per heavy atom. The molecule has 0 spiro atoms. The predicted octanol–water partition coefficient (Wildman–Crippen LogP) is 4.57. The van der Waals surface area contributed by atoms with E-state index in [0.717, 1.165) is 18.4 Å². The minimum absolute atomic E-state index is 0.0488. The molecule has 0 heterocycles. The zero-order valence-electron chi connectivity index (χ0n) is 14.0. The van der Waals surface area contributed by atoms with E-state index in [9.17, 15) is 8.42 Å². The molecule has 2 unspecified atom stereocenters. The minimum atomic E-state index is -4.11. The van der Waals surface area contributed by atoms with Gasteiger partial charge < -0.3 is 0 Å². The number of benzene rings is 1. The van der Waals surface area contributed by atoms with Gasteiger partial charge in [0, 0.05) is 0 Å². The lowest BCUT2D eigenvalue weighted by Gasteiger charge is -2.47. The first kappa shape index (κ1) is 18.2. The molecule has 1 aromatic carbocycles. The highest BCUT2D eigenvalue weighted by Gasteiger charge is 2.41. The second-order valence-corrected chi connectivity index (χ2v) is 8.69. The lowest BCUT2D eigenvalue weighted by atomic mass is 9.58. The molecule has 0 radical (unpaired) electrons. The summed E-state index contributed by atoms with van der Waals surface area (Å²) in [5.41, 5.74) is 1.35. The van der Waals surface area contributed by atoms with E-state index in [1.165, 1.54) is 12.1 Å². The lowest BCUT2D eigenvalue weighted by Crippen LogP contribution is -2.40. The highest BCUT2D eigenvalue weighted by Crippen LogP contribution is 2.48. The van der Waals surface area contributed by atoms with Gasteiger partial charge in [0.15, 0.2) is 0 Å². The van der Waals surface area contributed by atoms with Gasteiger partial charge in [0.05, 0.1) is 4.90 Å². The van der Waals surface area contributed by atoms with Gasteiger partial charge in [-0.25, -0.2) is 0 Å². The molecule has 0 saturated heterocycles. The normalized spacial score (nSPS) is 17.3. The molecule has 0 amide bonds. The maximum atomic E-state index is 11.1. The average molecular weight is 312 g/mol. The summed E-state index contributed by atoms with van der Waals surface area (Å²) in [6.45, 7) is 13.6. The van der Waals surface area contributed by atoms with E-state index in [4.69, 9.17) is 4.55 Å². The maximum Gasteiger partial charge on any atom is 0.294 e. The van der Waals surface area contributed by atoms with Crippen molar-refractivity contribution in [1.82, 2.24) is 0 Å². The van der Waals surface area contributed by atoms with Crippen molar-refractivity contribution in [3.05, 3.63) is 29.8 Å². The van der Waals surface area contributed by atoms with Gasteiger partial charge in [-0.15, -0.1) is 0 Å². The molecule has 1 aromatic rings. The monoisotopic (exact) mass is 312 g/mol. The topological polar surface area (TPSA) is 54.4 Å². The molecule has 0 fully saturated rings.